The molecule has 0 amide bonds. The summed E-state index contributed by atoms with van der Waals surface area (Å²) in [5, 5.41) is 3.75. The molecule has 0 saturated carbocycles. The summed E-state index contributed by atoms with van der Waals surface area (Å²) in [6, 6.07) is 0. The van der Waals surface area contributed by atoms with Gasteiger partial charge < -0.3 is 0 Å². The summed E-state index contributed by atoms with van der Waals surface area (Å²) in [6.07, 6.45) is -0.223. The van der Waals surface area contributed by atoms with Crippen LogP contribution in [0.5, 0.6) is 0 Å². The molecule has 0 fully saturated rings. The number of aliphatic imine (C=N–C) groups is 1. The molecule has 0 bridgehead atoms. The van der Waals surface area contributed by atoms with Crippen LogP contribution in [0.4, 0.5) is 13.2 Å². The summed E-state index contributed by atoms with van der Waals surface area (Å²) in [4.78, 5) is 7.86. The van der Waals surface area contributed by atoms with Gasteiger partial charge >= 0.3 is 6.18 Å². The molecule has 18 heavy (non-hydrogen) atoms. The number of aromatic nitrogens is 2. The highest BCUT2D eigenvalue weighted by molar-refractivity contribution is 8.13. The second-order valence-electron chi connectivity index (χ2n) is 3.00. The quantitative estimate of drug-likeness (QED) is 0.634. The Morgan fingerprint density at radius 3 is 2.61 bits per heavy atom. The zero-order valence-electron chi connectivity index (χ0n) is 9.73. The Hall–Kier alpha value is -0.960. The summed E-state index contributed by atoms with van der Waals surface area (Å²) >= 11 is 2.67. The highest BCUT2D eigenvalue weighted by Gasteiger charge is 2.36. The third kappa shape index (κ3) is 3.29. The molecule has 4 nitrogen and oxygen atoms in total. The lowest BCUT2D eigenvalue weighted by atomic mass is 10.5. The van der Waals surface area contributed by atoms with Crippen LogP contribution in [-0.4, -0.2) is 39.8 Å². The summed E-state index contributed by atoms with van der Waals surface area (Å²) < 4.78 is 38.7. The smallest absolute Gasteiger partial charge is 0.264 e. The molecule has 1 heterocycles. The fourth-order valence-corrected chi connectivity index (χ4v) is 2.03. The number of alkyl halides is 3. The minimum absolute atomic E-state index is 0.0545. The summed E-state index contributed by atoms with van der Waals surface area (Å²) in [7, 11) is 0. The van der Waals surface area contributed by atoms with Crippen LogP contribution in [0.3, 0.4) is 0 Å². The number of hydrogen-bond acceptors (Lipinski definition) is 5. The molecule has 1 aromatic heterocycles. The van der Waals surface area contributed by atoms with Crippen LogP contribution in [0.1, 0.15) is 11.5 Å². The maximum absolute atomic E-state index is 12.7. The van der Waals surface area contributed by atoms with Gasteiger partial charge in [-0.2, -0.15) is 18.3 Å². The van der Waals surface area contributed by atoms with Crippen molar-refractivity contribution >= 4 is 35.3 Å². The first-order valence-electron chi connectivity index (χ1n) is 4.65. The van der Waals surface area contributed by atoms with E-state index in [-0.39, 0.29) is 5.82 Å². The van der Waals surface area contributed by atoms with Crippen molar-refractivity contribution in [2.45, 2.75) is 6.18 Å². The third-order valence-corrected chi connectivity index (χ3v) is 2.98. The van der Waals surface area contributed by atoms with Gasteiger partial charge in [0.1, 0.15) is 5.04 Å². The average molecular weight is 296 g/mol. The van der Waals surface area contributed by atoms with Crippen LogP contribution in [0.25, 0.3) is 0 Å². The van der Waals surface area contributed by atoms with E-state index >= 15 is 0 Å². The van der Waals surface area contributed by atoms with Gasteiger partial charge in [-0.25, -0.2) is 9.66 Å². The van der Waals surface area contributed by atoms with Gasteiger partial charge in [0.15, 0.2) is 11.5 Å². The molecule has 0 unspecified atom stereocenters. The summed E-state index contributed by atoms with van der Waals surface area (Å²) in [5.74, 6) is 0.500. The lowest BCUT2D eigenvalue weighted by Crippen LogP contribution is -2.14. The topological polar surface area (TPSA) is 42.5 Å². The Bertz CT molecular complexity index is 453. The van der Waals surface area contributed by atoms with Crippen LogP contribution < -0.4 is 0 Å². The van der Waals surface area contributed by atoms with E-state index in [4.69, 9.17) is 0 Å². The number of imidazole rings is 1. The lowest BCUT2D eigenvalue weighted by Gasteiger charge is -2.08. The van der Waals surface area contributed by atoms with Gasteiger partial charge in [0.25, 0.3) is 0 Å². The number of halogens is 3. The third-order valence-electron chi connectivity index (χ3n) is 1.89. The van der Waals surface area contributed by atoms with Crippen LogP contribution in [0.2, 0.25) is 0 Å². The zero-order chi connectivity index (χ0) is 13.8. The van der Waals surface area contributed by atoms with E-state index in [0.717, 1.165) is 6.20 Å². The second-order valence-corrected chi connectivity index (χ2v) is 4.63. The van der Waals surface area contributed by atoms with E-state index in [1.807, 2.05) is 6.26 Å². The predicted octanol–water partition coefficient (Wildman–Crippen LogP) is 2.80. The van der Waals surface area contributed by atoms with Crippen molar-refractivity contribution in [1.82, 2.24) is 9.66 Å². The molecule has 1 aromatic rings. The summed E-state index contributed by atoms with van der Waals surface area (Å²) in [5.41, 5.74) is -0.960. The standard InChI is InChI=1S/C9H11F3N4S2/c1-13-16-6(9(10,11)12)4-14-7(16)8(18-3)15-5-17-2/h4H,1,5H2,2-3H3/b15-8+. The predicted molar refractivity (Wildman–Crippen MR) is 70.6 cm³/mol. The van der Waals surface area contributed by atoms with Crippen molar-refractivity contribution in [3.8, 4) is 0 Å². The fourth-order valence-electron chi connectivity index (χ4n) is 1.18. The minimum atomic E-state index is -4.52. The van der Waals surface area contributed by atoms with Crippen molar-refractivity contribution in [1.29, 1.82) is 0 Å². The van der Waals surface area contributed by atoms with Gasteiger partial charge in [0.2, 0.25) is 0 Å². The van der Waals surface area contributed by atoms with Crippen LogP contribution in [-0.2, 0) is 6.18 Å². The molecule has 0 N–H and O–H groups in total. The Balaban J connectivity index is 3.25. The summed E-state index contributed by atoms with van der Waals surface area (Å²) in [6.45, 7) is 3.14. The molecule has 0 aliphatic carbocycles. The molecule has 100 valence electrons. The Morgan fingerprint density at radius 2 is 2.17 bits per heavy atom. The van der Waals surface area contributed by atoms with E-state index in [2.05, 4.69) is 21.8 Å². The SMILES string of the molecule is C=Nn1c(C(F)(F)F)cnc1/C(=N\CSC)SC. The molecule has 0 atom stereocenters. The average Bonchev–Trinajstić information content (AvgIpc) is 2.73. The van der Waals surface area contributed by atoms with E-state index < -0.39 is 11.9 Å². The minimum Gasteiger partial charge on any atom is -0.264 e. The second kappa shape index (κ2) is 6.28. The van der Waals surface area contributed by atoms with E-state index in [1.54, 1.807) is 6.26 Å². The van der Waals surface area contributed by atoms with Crippen LogP contribution >= 0.6 is 23.5 Å². The van der Waals surface area contributed by atoms with Gasteiger partial charge in [0.05, 0.1) is 12.1 Å². The first kappa shape index (κ1) is 15.1. The van der Waals surface area contributed by atoms with Gasteiger partial charge in [-0.05, 0) is 12.5 Å². The molecule has 0 aromatic carbocycles. The zero-order valence-corrected chi connectivity index (χ0v) is 11.4. The fraction of sp³-hybridized carbons (Fsp3) is 0.444. The van der Waals surface area contributed by atoms with Crippen molar-refractivity contribution in [3.05, 3.63) is 17.7 Å². The molecule has 0 aliphatic rings. The molecule has 1 rings (SSSR count). The van der Waals surface area contributed by atoms with E-state index in [9.17, 15) is 13.2 Å². The van der Waals surface area contributed by atoms with Crippen LogP contribution in [0, 0.1) is 0 Å². The lowest BCUT2D eigenvalue weighted by molar-refractivity contribution is -0.143. The highest BCUT2D eigenvalue weighted by atomic mass is 32.2. The first-order chi connectivity index (χ1) is 8.45. The van der Waals surface area contributed by atoms with Gasteiger partial charge in [-0.1, -0.05) is 0 Å². The Morgan fingerprint density at radius 1 is 1.50 bits per heavy atom. The van der Waals surface area contributed by atoms with Gasteiger partial charge in [-0.15, -0.1) is 23.5 Å². The number of hydrogen-bond donors (Lipinski definition) is 0. The largest absolute Gasteiger partial charge is 0.435 e. The first-order valence-corrected chi connectivity index (χ1v) is 7.27. The van der Waals surface area contributed by atoms with Crippen molar-refractivity contribution in [2.24, 2.45) is 10.1 Å². The Kier molecular flexibility index (Phi) is 5.27. The molecular formula is C9H11F3N4S2. The highest BCUT2D eigenvalue weighted by Crippen LogP contribution is 2.30. The molecule has 0 aliphatic heterocycles. The van der Waals surface area contributed by atoms with E-state index in [0.29, 0.717) is 15.6 Å². The van der Waals surface area contributed by atoms with Gasteiger partial charge in [0, 0.05) is 6.72 Å². The molecular weight excluding hydrogens is 285 g/mol. The number of rotatable bonds is 4. The van der Waals surface area contributed by atoms with E-state index in [1.165, 1.54) is 23.5 Å². The van der Waals surface area contributed by atoms with Crippen LogP contribution in [0.15, 0.2) is 16.3 Å². The maximum atomic E-state index is 12.7. The normalized spacial score (nSPS) is 12.8. The Labute approximate surface area is 111 Å². The van der Waals surface area contributed by atoms with Crippen molar-refractivity contribution in [2.75, 3.05) is 18.4 Å². The molecule has 0 radical (unpaired) electrons. The van der Waals surface area contributed by atoms with Crippen molar-refractivity contribution < 1.29 is 13.2 Å². The molecule has 0 saturated heterocycles. The molecule has 0 spiro atoms. The van der Waals surface area contributed by atoms with Gasteiger partial charge in [-0.3, -0.25) is 4.99 Å². The number of thioether (sulfide) groups is 2. The van der Waals surface area contributed by atoms with Crippen molar-refractivity contribution in [3.63, 3.8) is 0 Å². The maximum Gasteiger partial charge on any atom is 0.435 e. The molecule has 9 heteroatoms. The number of nitrogens with zero attached hydrogens (tertiary/aromatic N) is 4. The monoisotopic (exact) mass is 296 g/mol.